The maximum absolute atomic E-state index is 12.7. The van der Waals surface area contributed by atoms with Gasteiger partial charge < -0.3 is 24.3 Å². The SMILES string of the molecule is CC(C)(C)OC(=O)N[C@@H](COCc1ccccc1)C(=O)N/N=C\c1cc2c(cc1Cl)OCO2. The fourth-order valence-corrected chi connectivity index (χ4v) is 2.98. The summed E-state index contributed by atoms with van der Waals surface area (Å²) in [5, 5.41) is 6.84. The molecule has 0 aliphatic carbocycles. The second-order valence-corrected chi connectivity index (χ2v) is 8.57. The van der Waals surface area contributed by atoms with Gasteiger partial charge in [0.2, 0.25) is 6.79 Å². The van der Waals surface area contributed by atoms with Gasteiger partial charge in [0.1, 0.15) is 11.6 Å². The van der Waals surface area contributed by atoms with Crippen molar-refractivity contribution < 1.29 is 28.5 Å². The van der Waals surface area contributed by atoms with Crippen LogP contribution in [0.2, 0.25) is 5.02 Å². The lowest BCUT2D eigenvalue weighted by Gasteiger charge is -2.22. The summed E-state index contributed by atoms with van der Waals surface area (Å²) >= 11 is 6.21. The molecule has 1 atom stereocenters. The first-order valence-electron chi connectivity index (χ1n) is 10.2. The molecule has 0 unspecified atom stereocenters. The van der Waals surface area contributed by atoms with Crippen LogP contribution in [0.5, 0.6) is 11.5 Å². The number of nitrogens with zero attached hydrogens (tertiary/aromatic N) is 1. The van der Waals surface area contributed by atoms with Gasteiger partial charge in [0.25, 0.3) is 5.91 Å². The normalized spacial score (nSPS) is 13.6. The molecule has 2 aromatic carbocycles. The van der Waals surface area contributed by atoms with Gasteiger partial charge in [-0.05, 0) is 32.4 Å². The molecule has 33 heavy (non-hydrogen) atoms. The fraction of sp³-hybridized carbons (Fsp3) is 0.348. The molecule has 1 aliphatic heterocycles. The number of benzene rings is 2. The van der Waals surface area contributed by atoms with Crippen molar-refractivity contribution >= 4 is 29.8 Å². The van der Waals surface area contributed by atoms with Gasteiger partial charge in [-0.2, -0.15) is 5.10 Å². The number of hydrazone groups is 1. The Morgan fingerprint density at radius 1 is 1.18 bits per heavy atom. The van der Waals surface area contributed by atoms with E-state index in [0.717, 1.165) is 5.56 Å². The van der Waals surface area contributed by atoms with Crippen molar-refractivity contribution in [2.45, 2.75) is 39.0 Å². The molecule has 9 nitrogen and oxygen atoms in total. The lowest BCUT2D eigenvalue weighted by atomic mass is 10.2. The highest BCUT2D eigenvalue weighted by molar-refractivity contribution is 6.33. The van der Waals surface area contributed by atoms with Crippen molar-refractivity contribution in [3.05, 3.63) is 58.6 Å². The summed E-state index contributed by atoms with van der Waals surface area (Å²) in [7, 11) is 0. The number of amides is 2. The summed E-state index contributed by atoms with van der Waals surface area (Å²) in [5.74, 6) is 0.492. The van der Waals surface area contributed by atoms with Gasteiger partial charge in [0.15, 0.2) is 11.5 Å². The summed E-state index contributed by atoms with van der Waals surface area (Å²) in [4.78, 5) is 24.9. The molecular formula is C23H26ClN3O6. The van der Waals surface area contributed by atoms with E-state index in [1.807, 2.05) is 30.3 Å². The Labute approximate surface area is 197 Å². The number of nitrogens with one attached hydrogen (secondary N) is 2. The van der Waals surface area contributed by atoms with Crippen LogP contribution in [0.1, 0.15) is 31.9 Å². The Bertz CT molecular complexity index is 1010. The van der Waals surface area contributed by atoms with E-state index in [9.17, 15) is 9.59 Å². The topological polar surface area (TPSA) is 107 Å². The number of carbonyl (C=O) groups excluding carboxylic acids is 2. The van der Waals surface area contributed by atoms with Crippen LogP contribution in [0.4, 0.5) is 4.79 Å². The quantitative estimate of drug-likeness (QED) is 0.446. The largest absolute Gasteiger partial charge is 0.454 e. The predicted octanol–water partition coefficient (Wildman–Crippen LogP) is 3.63. The van der Waals surface area contributed by atoms with E-state index in [1.165, 1.54) is 6.21 Å². The third-order valence-corrected chi connectivity index (χ3v) is 4.60. The molecule has 0 saturated heterocycles. The van der Waals surface area contributed by atoms with Crippen molar-refractivity contribution in [1.29, 1.82) is 0 Å². The zero-order chi connectivity index (χ0) is 23.8. The summed E-state index contributed by atoms with van der Waals surface area (Å²) in [6.07, 6.45) is 0.631. The minimum Gasteiger partial charge on any atom is -0.454 e. The number of ether oxygens (including phenoxy) is 4. The van der Waals surface area contributed by atoms with E-state index in [2.05, 4.69) is 15.8 Å². The Kier molecular flexibility index (Phi) is 8.13. The maximum atomic E-state index is 12.7. The Morgan fingerprint density at radius 2 is 1.88 bits per heavy atom. The molecule has 0 saturated carbocycles. The number of carbonyl (C=O) groups is 2. The molecule has 176 valence electrons. The molecule has 1 heterocycles. The Morgan fingerprint density at radius 3 is 2.58 bits per heavy atom. The first-order chi connectivity index (χ1) is 15.7. The highest BCUT2D eigenvalue weighted by atomic mass is 35.5. The molecule has 3 rings (SSSR count). The van der Waals surface area contributed by atoms with E-state index >= 15 is 0 Å². The van der Waals surface area contributed by atoms with Crippen molar-refractivity contribution in [3.63, 3.8) is 0 Å². The smallest absolute Gasteiger partial charge is 0.408 e. The number of hydrogen-bond acceptors (Lipinski definition) is 7. The van der Waals surface area contributed by atoms with Gasteiger partial charge >= 0.3 is 6.09 Å². The van der Waals surface area contributed by atoms with Crippen molar-refractivity contribution in [1.82, 2.24) is 10.7 Å². The van der Waals surface area contributed by atoms with Gasteiger partial charge in [-0.1, -0.05) is 41.9 Å². The third-order valence-electron chi connectivity index (χ3n) is 4.27. The van der Waals surface area contributed by atoms with Crippen molar-refractivity contribution in [3.8, 4) is 11.5 Å². The summed E-state index contributed by atoms with van der Waals surface area (Å²) in [6.45, 7) is 5.49. The molecule has 2 N–H and O–H groups in total. The van der Waals surface area contributed by atoms with Gasteiger partial charge in [-0.25, -0.2) is 10.2 Å². The zero-order valence-corrected chi connectivity index (χ0v) is 19.3. The second kappa shape index (κ2) is 11.0. The monoisotopic (exact) mass is 475 g/mol. The molecule has 0 radical (unpaired) electrons. The van der Waals surface area contributed by atoms with Gasteiger partial charge in [-0.3, -0.25) is 4.79 Å². The number of alkyl carbamates (subject to hydrolysis) is 1. The van der Waals surface area contributed by atoms with E-state index in [0.29, 0.717) is 22.1 Å². The molecule has 1 aliphatic rings. The molecule has 0 bridgehead atoms. The summed E-state index contributed by atoms with van der Waals surface area (Å²) in [6, 6.07) is 11.7. The molecular weight excluding hydrogens is 450 g/mol. The molecule has 0 aromatic heterocycles. The summed E-state index contributed by atoms with van der Waals surface area (Å²) < 4.78 is 21.5. The summed E-state index contributed by atoms with van der Waals surface area (Å²) in [5.41, 5.74) is 3.14. The Balaban J connectivity index is 1.61. The van der Waals surface area contributed by atoms with E-state index < -0.39 is 23.6 Å². The number of hydrogen-bond donors (Lipinski definition) is 2. The maximum Gasteiger partial charge on any atom is 0.408 e. The first-order valence-corrected chi connectivity index (χ1v) is 10.6. The van der Waals surface area contributed by atoms with Crippen LogP contribution in [-0.4, -0.2) is 43.3 Å². The van der Waals surface area contributed by atoms with Crippen molar-refractivity contribution in [2.24, 2.45) is 5.10 Å². The predicted molar refractivity (Wildman–Crippen MR) is 123 cm³/mol. The van der Waals surface area contributed by atoms with E-state index in [1.54, 1.807) is 32.9 Å². The molecule has 0 spiro atoms. The first kappa shape index (κ1) is 24.3. The van der Waals surface area contributed by atoms with Crippen LogP contribution in [0.25, 0.3) is 0 Å². The van der Waals surface area contributed by atoms with Gasteiger partial charge in [0.05, 0.1) is 24.5 Å². The fourth-order valence-electron chi connectivity index (χ4n) is 2.78. The van der Waals surface area contributed by atoms with Crippen LogP contribution in [-0.2, 0) is 20.9 Å². The van der Waals surface area contributed by atoms with E-state index in [-0.39, 0.29) is 20.0 Å². The molecule has 10 heteroatoms. The van der Waals surface area contributed by atoms with Crippen LogP contribution < -0.4 is 20.2 Å². The minimum absolute atomic E-state index is 0.0831. The van der Waals surface area contributed by atoms with Gasteiger partial charge in [-0.15, -0.1) is 0 Å². The highest BCUT2D eigenvalue weighted by Gasteiger charge is 2.25. The number of fused-ring (bicyclic) bond motifs is 1. The van der Waals surface area contributed by atoms with E-state index in [4.69, 9.17) is 30.5 Å². The highest BCUT2D eigenvalue weighted by Crippen LogP contribution is 2.36. The average Bonchev–Trinajstić information content (AvgIpc) is 3.19. The van der Waals surface area contributed by atoms with Crippen LogP contribution >= 0.6 is 11.6 Å². The van der Waals surface area contributed by atoms with Gasteiger partial charge in [0, 0.05) is 11.6 Å². The lowest BCUT2D eigenvalue weighted by molar-refractivity contribution is -0.124. The zero-order valence-electron chi connectivity index (χ0n) is 18.6. The number of halogens is 1. The number of rotatable bonds is 8. The van der Waals surface area contributed by atoms with Crippen LogP contribution in [0, 0.1) is 0 Å². The standard InChI is InChI=1S/C23H26ClN3O6/c1-23(2,3)33-22(29)26-18(13-30-12-15-7-5-4-6-8-15)21(28)27-25-11-16-9-19-20(10-17(16)24)32-14-31-19/h4-11,18H,12-14H2,1-3H3,(H,26,29)(H,27,28)/b25-11-/t18-/m0/s1. The molecule has 2 amide bonds. The van der Waals surface area contributed by atoms with Crippen LogP contribution in [0.15, 0.2) is 47.6 Å². The van der Waals surface area contributed by atoms with Crippen LogP contribution in [0.3, 0.4) is 0 Å². The Hall–Kier alpha value is -3.30. The lowest BCUT2D eigenvalue weighted by Crippen LogP contribution is -2.49. The van der Waals surface area contributed by atoms with Crippen molar-refractivity contribution in [2.75, 3.05) is 13.4 Å². The second-order valence-electron chi connectivity index (χ2n) is 8.16. The average molecular weight is 476 g/mol. The third kappa shape index (κ3) is 7.65. The molecule has 2 aromatic rings. The minimum atomic E-state index is -1.03. The molecule has 0 fully saturated rings.